The molecule has 116 valence electrons. The Morgan fingerprint density at radius 2 is 1.96 bits per heavy atom. The predicted octanol–water partition coefficient (Wildman–Crippen LogP) is 3.86. The lowest BCUT2D eigenvalue weighted by molar-refractivity contribution is -0.112. The van der Waals surface area contributed by atoms with Gasteiger partial charge in [-0.1, -0.05) is 35.9 Å². The summed E-state index contributed by atoms with van der Waals surface area (Å²) < 4.78 is 5.19. The van der Waals surface area contributed by atoms with Crippen molar-refractivity contribution in [3.8, 4) is 11.8 Å². The zero-order chi connectivity index (χ0) is 16.8. The summed E-state index contributed by atoms with van der Waals surface area (Å²) in [5, 5.41) is 12.0. The molecule has 2 aromatic carbocycles. The van der Waals surface area contributed by atoms with Crippen molar-refractivity contribution < 1.29 is 9.53 Å². The summed E-state index contributed by atoms with van der Waals surface area (Å²) in [6.45, 7) is 3.95. The first-order chi connectivity index (χ1) is 11.0. The Labute approximate surface area is 136 Å². The zero-order valence-electron chi connectivity index (χ0n) is 13.4. The van der Waals surface area contributed by atoms with Crippen LogP contribution in [0.1, 0.15) is 16.7 Å². The van der Waals surface area contributed by atoms with Crippen LogP contribution >= 0.6 is 0 Å². The third-order valence-corrected chi connectivity index (χ3v) is 3.45. The Morgan fingerprint density at radius 1 is 1.22 bits per heavy atom. The van der Waals surface area contributed by atoms with E-state index in [1.807, 2.05) is 44.2 Å². The Hall–Kier alpha value is -3.06. The van der Waals surface area contributed by atoms with Crippen molar-refractivity contribution in [1.82, 2.24) is 0 Å². The number of nitriles is 1. The van der Waals surface area contributed by atoms with Gasteiger partial charge in [0.1, 0.15) is 17.4 Å². The maximum absolute atomic E-state index is 12.3. The van der Waals surface area contributed by atoms with Crippen molar-refractivity contribution in [1.29, 1.82) is 5.26 Å². The zero-order valence-corrected chi connectivity index (χ0v) is 13.4. The molecule has 0 unspecified atom stereocenters. The number of ether oxygens (including phenoxy) is 1. The highest BCUT2D eigenvalue weighted by Crippen LogP contribution is 2.24. The summed E-state index contributed by atoms with van der Waals surface area (Å²) in [7, 11) is 1.53. The summed E-state index contributed by atoms with van der Waals surface area (Å²) in [4.78, 5) is 12.3. The number of hydrogen-bond donors (Lipinski definition) is 1. The number of anilines is 1. The van der Waals surface area contributed by atoms with Gasteiger partial charge in [0.25, 0.3) is 5.91 Å². The Kier molecular flexibility index (Phi) is 5.16. The molecular formula is C19H18N2O2. The molecule has 4 nitrogen and oxygen atoms in total. The van der Waals surface area contributed by atoms with Gasteiger partial charge in [0, 0.05) is 0 Å². The molecule has 1 N–H and O–H groups in total. The van der Waals surface area contributed by atoms with Crippen molar-refractivity contribution in [2.24, 2.45) is 0 Å². The molecule has 0 fully saturated rings. The normalized spacial score (nSPS) is 10.8. The molecule has 1 amide bonds. The van der Waals surface area contributed by atoms with Crippen LogP contribution < -0.4 is 10.1 Å². The van der Waals surface area contributed by atoms with Gasteiger partial charge in [0.2, 0.25) is 0 Å². The van der Waals surface area contributed by atoms with Gasteiger partial charge in [-0.2, -0.15) is 5.26 Å². The fourth-order valence-electron chi connectivity index (χ4n) is 2.23. The Morgan fingerprint density at radius 3 is 2.61 bits per heavy atom. The Balaban J connectivity index is 2.28. The van der Waals surface area contributed by atoms with Gasteiger partial charge in [0.05, 0.1) is 12.8 Å². The number of benzene rings is 2. The second kappa shape index (κ2) is 7.28. The van der Waals surface area contributed by atoms with Crippen LogP contribution in [0.5, 0.6) is 5.75 Å². The van der Waals surface area contributed by atoms with E-state index < -0.39 is 5.91 Å². The van der Waals surface area contributed by atoms with Crippen LogP contribution in [0.15, 0.2) is 48.0 Å². The molecule has 0 aromatic heterocycles. The maximum Gasteiger partial charge on any atom is 0.266 e. The summed E-state index contributed by atoms with van der Waals surface area (Å²) >= 11 is 0. The van der Waals surface area contributed by atoms with Crippen LogP contribution in [0.25, 0.3) is 6.08 Å². The van der Waals surface area contributed by atoms with Crippen LogP contribution in [0.2, 0.25) is 0 Å². The summed E-state index contributed by atoms with van der Waals surface area (Å²) in [6, 6.07) is 14.9. The van der Waals surface area contributed by atoms with Gasteiger partial charge >= 0.3 is 0 Å². The van der Waals surface area contributed by atoms with E-state index in [1.54, 1.807) is 24.3 Å². The smallest absolute Gasteiger partial charge is 0.266 e. The third kappa shape index (κ3) is 3.98. The lowest BCUT2D eigenvalue weighted by atomic mass is 10.0. The lowest BCUT2D eigenvalue weighted by Gasteiger charge is -2.09. The molecular weight excluding hydrogens is 288 g/mol. The van der Waals surface area contributed by atoms with Crippen LogP contribution in [-0.4, -0.2) is 13.0 Å². The van der Waals surface area contributed by atoms with Gasteiger partial charge in [-0.25, -0.2) is 0 Å². The standard InChI is InChI=1S/C19H18N2O2/c1-13-8-9-15(14(2)10-13)11-16(12-20)19(22)21-17-6-4-5-7-18(17)23-3/h4-11H,1-3H3,(H,21,22)/b16-11+. The number of aryl methyl sites for hydroxylation is 2. The molecule has 0 heterocycles. The van der Waals surface area contributed by atoms with E-state index in [9.17, 15) is 10.1 Å². The van der Waals surface area contributed by atoms with Crippen LogP contribution in [0.4, 0.5) is 5.69 Å². The first-order valence-electron chi connectivity index (χ1n) is 7.18. The number of carbonyl (C=O) groups excluding carboxylic acids is 1. The highest BCUT2D eigenvalue weighted by molar-refractivity contribution is 6.10. The summed E-state index contributed by atoms with van der Waals surface area (Å²) in [6.07, 6.45) is 1.60. The quantitative estimate of drug-likeness (QED) is 0.689. The van der Waals surface area contributed by atoms with E-state index in [1.165, 1.54) is 7.11 Å². The third-order valence-electron chi connectivity index (χ3n) is 3.45. The molecule has 0 spiro atoms. The van der Waals surface area contributed by atoms with E-state index in [-0.39, 0.29) is 5.57 Å². The van der Waals surface area contributed by atoms with Gasteiger partial charge in [-0.15, -0.1) is 0 Å². The van der Waals surface area contributed by atoms with E-state index >= 15 is 0 Å². The van der Waals surface area contributed by atoms with Gasteiger partial charge < -0.3 is 10.1 Å². The second-order valence-corrected chi connectivity index (χ2v) is 5.18. The molecule has 2 aromatic rings. The summed E-state index contributed by atoms with van der Waals surface area (Å²) in [5.74, 6) is 0.0848. The van der Waals surface area contributed by atoms with Gasteiger partial charge in [0.15, 0.2) is 0 Å². The largest absolute Gasteiger partial charge is 0.495 e. The first-order valence-corrected chi connectivity index (χ1v) is 7.18. The van der Waals surface area contributed by atoms with E-state index in [0.29, 0.717) is 11.4 Å². The monoisotopic (exact) mass is 306 g/mol. The average molecular weight is 306 g/mol. The van der Waals surface area contributed by atoms with Gasteiger partial charge in [-0.3, -0.25) is 4.79 Å². The van der Waals surface area contributed by atoms with Crippen molar-refractivity contribution in [2.45, 2.75) is 13.8 Å². The molecule has 0 radical (unpaired) electrons. The fraction of sp³-hybridized carbons (Fsp3) is 0.158. The average Bonchev–Trinajstić information content (AvgIpc) is 2.54. The van der Waals surface area contributed by atoms with E-state index in [0.717, 1.165) is 16.7 Å². The van der Waals surface area contributed by atoms with Crippen LogP contribution in [0, 0.1) is 25.2 Å². The molecule has 0 aliphatic carbocycles. The molecule has 0 aliphatic heterocycles. The molecule has 4 heteroatoms. The SMILES string of the molecule is COc1ccccc1NC(=O)/C(C#N)=C/c1ccc(C)cc1C. The number of carbonyl (C=O) groups is 1. The van der Waals surface area contributed by atoms with Crippen LogP contribution in [-0.2, 0) is 4.79 Å². The number of nitrogens with zero attached hydrogens (tertiary/aromatic N) is 1. The van der Waals surface area contributed by atoms with Crippen molar-refractivity contribution in [2.75, 3.05) is 12.4 Å². The minimum absolute atomic E-state index is 0.0443. The molecule has 23 heavy (non-hydrogen) atoms. The summed E-state index contributed by atoms with van der Waals surface area (Å²) in [5.41, 5.74) is 3.58. The van der Waals surface area contributed by atoms with E-state index in [2.05, 4.69) is 5.32 Å². The van der Waals surface area contributed by atoms with Crippen molar-refractivity contribution in [3.05, 3.63) is 64.7 Å². The molecule has 0 atom stereocenters. The molecule has 0 bridgehead atoms. The minimum atomic E-state index is -0.461. The topological polar surface area (TPSA) is 62.1 Å². The Bertz CT molecular complexity index is 801. The minimum Gasteiger partial charge on any atom is -0.495 e. The van der Waals surface area contributed by atoms with Crippen LogP contribution in [0.3, 0.4) is 0 Å². The highest BCUT2D eigenvalue weighted by Gasteiger charge is 2.12. The number of para-hydroxylation sites is 2. The number of amides is 1. The second-order valence-electron chi connectivity index (χ2n) is 5.18. The number of hydrogen-bond acceptors (Lipinski definition) is 3. The predicted molar refractivity (Wildman–Crippen MR) is 91.1 cm³/mol. The number of rotatable bonds is 4. The number of methoxy groups -OCH3 is 1. The molecule has 0 saturated carbocycles. The molecule has 2 rings (SSSR count). The van der Waals surface area contributed by atoms with Gasteiger partial charge in [-0.05, 0) is 43.2 Å². The van der Waals surface area contributed by atoms with E-state index in [4.69, 9.17) is 4.74 Å². The maximum atomic E-state index is 12.3. The fourth-order valence-corrected chi connectivity index (χ4v) is 2.23. The molecule has 0 aliphatic rings. The lowest BCUT2D eigenvalue weighted by Crippen LogP contribution is -2.14. The van der Waals surface area contributed by atoms with Crippen molar-refractivity contribution in [3.63, 3.8) is 0 Å². The molecule has 0 saturated heterocycles. The number of nitrogens with one attached hydrogen (secondary N) is 1. The van der Waals surface area contributed by atoms with Crippen molar-refractivity contribution >= 4 is 17.7 Å². The highest BCUT2D eigenvalue weighted by atomic mass is 16.5. The first kappa shape index (κ1) is 16.3.